The number of ketones is 1. The van der Waals surface area contributed by atoms with Crippen LogP contribution in [0.4, 0.5) is 0 Å². The largest absolute Gasteiger partial charge is 0.507 e. The summed E-state index contributed by atoms with van der Waals surface area (Å²) in [6.45, 7) is 5.79. The Morgan fingerprint density at radius 1 is 1.15 bits per heavy atom. The summed E-state index contributed by atoms with van der Waals surface area (Å²) in [7, 11) is 0. The highest BCUT2D eigenvalue weighted by molar-refractivity contribution is 6.15. The molecule has 0 amide bonds. The predicted octanol–water partition coefficient (Wildman–Crippen LogP) is 1.73. The van der Waals surface area contributed by atoms with E-state index in [2.05, 4.69) is 0 Å². The van der Waals surface area contributed by atoms with Gasteiger partial charge in [0, 0.05) is 0 Å². The normalized spacial score (nSPS) is 18.8. The number of carbonyl (C=O) groups excluding carboxylic acids is 1. The average Bonchev–Trinajstić information content (AvgIpc) is 2.96. The number of hydrogen-bond acceptors (Lipinski definition) is 4. The van der Waals surface area contributed by atoms with Crippen molar-refractivity contribution < 1.29 is 24.3 Å². The molecule has 0 bridgehead atoms. The van der Waals surface area contributed by atoms with E-state index in [0.29, 0.717) is 42.4 Å². The number of quaternary nitrogens is 1. The van der Waals surface area contributed by atoms with E-state index in [1.807, 2.05) is 31.2 Å². The third-order valence-corrected chi connectivity index (χ3v) is 5.02. The summed E-state index contributed by atoms with van der Waals surface area (Å²) in [6, 6.07) is 11.1. The molecule has 0 radical (unpaired) electrons. The summed E-state index contributed by atoms with van der Waals surface area (Å²) < 4.78 is 11.3. The minimum Gasteiger partial charge on any atom is -0.507 e. The maximum atomic E-state index is 12.8. The Kier molecular flexibility index (Phi) is 4.49. The predicted molar refractivity (Wildman–Crippen MR) is 97.4 cm³/mol. The highest BCUT2D eigenvalue weighted by Gasteiger charge is 2.32. The van der Waals surface area contributed by atoms with Crippen molar-refractivity contribution in [3.8, 4) is 11.5 Å². The number of ether oxygens (including phenoxy) is 2. The van der Waals surface area contributed by atoms with Gasteiger partial charge in [0.1, 0.15) is 25.4 Å². The molecule has 4 rings (SSSR count). The molecule has 2 N–H and O–H groups in total. The molecule has 2 aliphatic rings. The van der Waals surface area contributed by atoms with Gasteiger partial charge in [0.2, 0.25) is 5.78 Å². The number of aryl methyl sites for hydroxylation is 1. The Morgan fingerprint density at radius 2 is 1.92 bits per heavy atom. The SMILES string of the molecule is Cc1ccccc1/C=C1\Oc2c(ccc(O)c2C[NH+]2CCOCC2)C1=O. The fourth-order valence-electron chi connectivity index (χ4n) is 3.44. The summed E-state index contributed by atoms with van der Waals surface area (Å²) in [5, 5.41) is 10.4. The van der Waals surface area contributed by atoms with Crippen molar-refractivity contribution >= 4 is 11.9 Å². The Morgan fingerprint density at radius 3 is 2.69 bits per heavy atom. The maximum Gasteiger partial charge on any atom is 0.231 e. The summed E-state index contributed by atoms with van der Waals surface area (Å²) in [5.74, 6) is 0.834. The average molecular weight is 352 g/mol. The Balaban J connectivity index is 1.67. The van der Waals surface area contributed by atoms with Crippen molar-refractivity contribution in [3.05, 3.63) is 64.4 Å². The number of Topliss-reactive ketones (excluding diaryl/α,β-unsaturated/α-hetero) is 1. The Hall–Kier alpha value is -2.63. The van der Waals surface area contributed by atoms with Gasteiger partial charge < -0.3 is 19.5 Å². The number of morpholine rings is 1. The number of aromatic hydroxyl groups is 1. The van der Waals surface area contributed by atoms with Crippen molar-refractivity contribution in [2.24, 2.45) is 0 Å². The number of phenols is 1. The molecule has 0 aromatic heterocycles. The zero-order valence-electron chi connectivity index (χ0n) is 14.7. The maximum absolute atomic E-state index is 12.8. The van der Waals surface area contributed by atoms with E-state index >= 15 is 0 Å². The standard InChI is InChI=1S/C21H21NO4/c1-14-4-2-3-5-15(14)12-19-20(24)16-6-7-18(23)17(21(16)26-19)13-22-8-10-25-11-9-22/h2-7,12,23H,8-11,13H2,1H3/p+1/b19-12-. The highest BCUT2D eigenvalue weighted by Crippen LogP contribution is 2.39. The molecule has 0 saturated carbocycles. The van der Waals surface area contributed by atoms with Gasteiger partial charge in [0.25, 0.3) is 0 Å². The lowest BCUT2D eigenvalue weighted by molar-refractivity contribution is -0.921. The fraction of sp³-hybridized carbons (Fsp3) is 0.286. The van der Waals surface area contributed by atoms with Crippen LogP contribution < -0.4 is 9.64 Å². The van der Waals surface area contributed by atoms with Gasteiger partial charge in [-0.3, -0.25) is 4.79 Å². The summed E-state index contributed by atoms with van der Waals surface area (Å²) in [5.41, 5.74) is 3.24. The smallest absolute Gasteiger partial charge is 0.231 e. The number of allylic oxidation sites excluding steroid dienone is 1. The third-order valence-electron chi connectivity index (χ3n) is 5.02. The second-order valence-electron chi connectivity index (χ2n) is 6.78. The van der Waals surface area contributed by atoms with Crippen LogP contribution in [0.15, 0.2) is 42.2 Å². The Bertz CT molecular complexity index is 882. The minimum atomic E-state index is -0.138. The van der Waals surface area contributed by atoms with E-state index < -0.39 is 0 Å². The number of benzene rings is 2. The van der Waals surface area contributed by atoms with Crippen LogP contribution in [-0.2, 0) is 11.3 Å². The van der Waals surface area contributed by atoms with Gasteiger partial charge in [-0.2, -0.15) is 0 Å². The highest BCUT2D eigenvalue weighted by atomic mass is 16.5. The van der Waals surface area contributed by atoms with Gasteiger partial charge in [-0.05, 0) is 36.3 Å². The van der Waals surface area contributed by atoms with Crippen LogP contribution in [0.2, 0.25) is 0 Å². The first-order chi connectivity index (χ1) is 12.6. The zero-order chi connectivity index (χ0) is 18.1. The van der Waals surface area contributed by atoms with Gasteiger partial charge in [-0.15, -0.1) is 0 Å². The molecule has 1 fully saturated rings. The molecule has 26 heavy (non-hydrogen) atoms. The van der Waals surface area contributed by atoms with E-state index in [4.69, 9.17) is 9.47 Å². The topological polar surface area (TPSA) is 60.2 Å². The molecule has 5 heteroatoms. The van der Waals surface area contributed by atoms with Gasteiger partial charge in [0.05, 0.1) is 24.3 Å². The molecule has 1 saturated heterocycles. The summed E-state index contributed by atoms with van der Waals surface area (Å²) in [6.07, 6.45) is 1.78. The van der Waals surface area contributed by atoms with E-state index in [0.717, 1.165) is 24.2 Å². The minimum absolute atomic E-state index is 0.138. The second-order valence-corrected chi connectivity index (χ2v) is 6.78. The molecule has 2 aliphatic heterocycles. The molecule has 5 nitrogen and oxygen atoms in total. The first kappa shape index (κ1) is 16.8. The lowest BCUT2D eigenvalue weighted by atomic mass is 10.0. The van der Waals surface area contributed by atoms with Crippen LogP contribution in [0.5, 0.6) is 11.5 Å². The van der Waals surface area contributed by atoms with E-state index in [1.165, 1.54) is 4.90 Å². The molecule has 0 spiro atoms. The van der Waals surface area contributed by atoms with Crippen LogP contribution in [0, 0.1) is 6.92 Å². The van der Waals surface area contributed by atoms with Crippen LogP contribution in [0.1, 0.15) is 27.0 Å². The van der Waals surface area contributed by atoms with Crippen molar-refractivity contribution in [1.82, 2.24) is 0 Å². The van der Waals surface area contributed by atoms with E-state index in [9.17, 15) is 9.90 Å². The van der Waals surface area contributed by atoms with Crippen molar-refractivity contribution in [1.29, 1.82) is 0 Å². The molecule has 2 aromatic rings. The van der Waals surface area contributed by atoms with Crippen molar-refractivity contribution in [2.45, 2.75) is 13.5 Å². The number of carbonyl (C=O) groups is 1. The number of rotatable bonds is 3. The summed E-state index contributed by atoms with van der Waals surface area (Å²) >= 11 is 0. The lowest BCUT2D eigenvalue weighted by Crippen LogP contribution is -3.12. The lowest BCUT2D eigenvalue weighted by Gasteiger charge is -2.24. The fourth-order valence-corrected chi connectivity index (χ4v) is 3.44. The third kappa shape index (κ3) is 3.11. The number of hydrogen-bond donors (Lipinski definition) is 2. The molecule has 0 unspecified atom stereocenters. The Labute approximate surface area is 152 Å². The number of phenolic OH excluding ortho intramolecular Hbond substituents is 1. The molecule has 0 atom stereocenters. The van der Waals surface area contributed by atoms with Crippen molar-refractivity contribution in [2.75, 3.05) is 26.3 Å². The van der Waals surface area contributed by atoms with Gasteiger partial charge >= 0.3 is 0 Å². The van der Waals surface area contributed by atoms with Gasteiger partial charge in [-0.25, -0.2) is 0 Å². The number of nitrogens with one attached hydrogen (secondary N) is 1. The molecular weight excluding hydrogens is 330 g/mol. The first-order valence-electron chi connectivity index (χ1n) is 8.89. The van der Waals surface area contributed by atoms with Gasteiger partial charge in [0.15, 0.2) is 11.5 Å². The first-order valence-corrected chi connectivity index (χ1v) is 8.89. The molecule has 2 aromatic carbocycles. The van der Waals surface area contributed by atoms with Crippen LogP contribution >= 0.6 is 0 Å². The van der Waals surface area contributed by atoms with Crippen molar-refractivity contribution in [3.63, 3.8) is 0 Å². The second kappa shape index (κ2) is 6.94. The van der Waals surface area contributed by atoms with Crippen LogP contribution in [0.3, 0.4) is 0 Å². The monoisotopic (exact) mass is 352 g/mol. The summed E-state index contributed by atoms with van der Waals surface area (Å²) in [4.78, 5) is 14.1. The molecular formula is C21H22NO4+. The van der Waals surface area contributed by atoms with E-state index in [-0.39, 0.29) is 11.5 Å². The number of fused-ring (bicyclic) bond motifs is 1. The quantitative estimate of drug-likeness (QED) is 0.826. The van der Waals surface area contributed by atoms with Crippen LogP contribution in [0.25, 0.3) is 6.08 Å². The van der Waals surface area contributed by atoms with Gasteiger partial charge in [-0.1, -0.05) is 24.3 Å². The zero-order valence-corrected chi connectivity index (χ0v) is 14.7. The molecule has 2 heterocycles. The molecule has 0 aliphatic carbocycles. The van der Waals surface area contributed by atoms with Crippen LogP contribution in [-0.4, -0.2) is 37.2 Å². The van der Waals surface area contributed by atoms with E-state index in [1.54, 1.807) is 18.2 Å². The molecule has 134 valence electrons.